The molecule has 1 saturated carbocycles. The number of nitrogens with one attached hydrogen (secondary N) is 1. The molecule has 6 heteroatoms. The van der Waals surface area contributed by atoms with Crippen molar-refractivity contribution in [1.29, 1.82) is 0 Å². The maximum Gasteiger partial charge on any atom is 0.391 e. The fourth-order valence-electron chi connectivity index (χ4n) is 2.67. The average Bonchev–Trinajstić information content (AvgIpc) is 2.41. The van der Waals surface area contributed by atoms with Crippen LogP contribution < -0.4 is 5.32 Å². The number of aliphatic hydroxyl groups excluding tert-OH is 1. The molecule has 1 aliphatic rings. The van der Waals surface area contributed by atoms with Crippen LogP contribution in [0, 0.1) is 11.8 Å². The van der Waals surface area contributed by atoms with E-state index < -0.39 is 18.0 Å². The van der Waals surface area contributed by atoms with E-state index in [1.807, 2.05) is 0 Å². The van der Waals surface area contributed by atoms with Crippen molar-refractivity contribution < 1.29 is 23.1 Å². The summed E-state index contributed by atoms with van der Waals surface area (Å²) in [6, 6.07) is 0. The van der Waals surface area contributed by atoms with Gasteiger partial charge in [-0.25, -0.2) is 0 Å². The quantitative estimate of drug-likeness (QED) is 0.709. The number of carbonyl (C=O) groups is 1. The highest BCUT2D eigenvalue weighted by molar-refractivity contribution is 5.78. The van der Waals surface area contributed by atoms with E-state index in [2.05, 4.69) is 5.32 Å². The summed E-state index contributed by atoms with van der Waals surface area (Å²) in [5.41, 5.74) is 0. The Kier molecular flexibility index (Phi) is 7.34. The Morgan fingerprint density at radius 1 is 1.15 bits per heavy atom. The maximum absolute atomic E-state index is 12.7. The molecule has 2 N–H and O–H groups in total. The van der Waals surface area contributed by atoms with Crippen molar-refractivity contribution in [2.75, 3.05) is 13.2 Å². The summed E-state index contributed by atoms with van der Waals surface area (Å²) in [4.78, 5) is 11.8. The lowest BCUT2D eigenvalue weighted by Crippen LogP contribution is -2.37. The fraction of sp³-hybridized carbons (Fsp3) is 0.929. The first-order valence-electron chi connectivity index (χ1n) is 7.40. The Morgan fingerprint density at radius 3 is 2.50 bits per heavy atom. The zero-order valence-electron chi connectivity index (χ0n) is 11.7. The van der Waals surface area contributed by atoms with Crippen molar-refractivity contribution in [2.45, 2.75) is 57.5 Å². The van der Waals surface area contributed by atoms with Crippen LogP contribution in [-0.4, -0.2) is 30.3 Å². The second-order valence-electron chi connectivity index (χ2n) is 5.53. The Balaban J connectivity index is 2.22. The molecule has 3 nitrogen and oxygen atoms in total. The molecular weight excluding hydrogens is 271 g/mol. The van der Waals surface area contributed by atoms with Gasteiger partial charge in [0.25, 0.3) is 0 Å². The van der Waals surface area contributed by atoms with Crippen molar-refractivity contribution in [3.63, 3.8) is 0 Å². The molecule has 2 unspecified atom stereocenters. The second kappa shape index (κ2) is 8.49. The van der Waals surface area contributed by atoms with Gasteiger partial charge in [0.1, 0.15) is 0 Å². The normalized spacial score (nSPS) is 23.6. The third-order valence-electron chi connectivity index (χ3n) is 3.89. The number of alkyl halides is 3. The van der Waals surface area contributed by atoms with Gasteiger partial charge in [0.15, 0.2) is 0 Å². The van der Waals surface area contributed by atoms with Crippen LogP contribution in [0.15, 0.2) is 0 Å². The van der Waals surface area contributed by atoms with Crippen LogP contribution in [-0.2, 0) is 4.79 Å². The summed E-state index contributed by atoms with van der Waals surface area (Å²) >= 11 is 0. The monoisotopic (exact) mass is 295 g/mol. The van der Waals surface area contributed by atoms with Crippen molar-refractivity contribution >= 4 is 5.91 Å². The summed E-state index contributed by atoms with van der Waals surface area (Å²) in [6.07, 6.45) is 0.312. The third kappa shape index (κ3) is 6.11. The molecule has 1 fully saturated rings. The second-order valence-corrected chi connectivity index (χ2v) is 5.53. The predicted molar refractivity (Wildman–Crippen MR) is 70.1 cm³/mol. The molecule has 0 bridgehead atoms. The molecule has 0 spiro atoms. The molecule has 1 rings (SSSR count). The summed E-state index contributed by atoms with van der Waals surface area (Å²) < 4.78 is 38.0. The first-order valence-corrected chi connectivity index (χ1v) is 7.40. The molecule has 20 heavy (non-hydrogen) atoms. The van der Waals surface area contributed by atoms with Gasteiger partial charge in [-0.3, -0.25) is 4.79 Å². The highest BCUT2D eigenvalue weighted by Crippen LogP contribution is 2.39. The fourth-order valence-corrected chi connectivity index (χ4v) is 2.67. The zero-order chi connectivity index (χ0) is 15.0. The van der Waals surface area contributed by atoms with Crippen LogP contribution >= 0.6 is 0 Å². The van der Waals surface area contributed by atoms with E-state index >= 15 is 0 Å². The number of hydrogen-bond acceptors (Lipinski definition) is 2. The molecule has 0 saturated heterocycles. The minimum Gasteiger partial charge on any atom is -0.396 e. The minimum absolute atomic E-state index is 0.0696. The molecular formula is C14H24F3NO2. The van der Waals surface area contributed by atoms with Gasteiger partial charge in [-0.15, -0.1) is 0 Å². The van der Waals surface area contributed by atoms with Gasteiger partial charge in [0.2, 0.25) is 5.91 Å². The van der Waals surface area contributed by atoms with E-state index in [0.717, 1.165) is 25.7 Å². The smallest absolute Gasteiger partial charge is 0.391 e. The van der Waals surface area contributed by atoms with Gasteiger partial charge in [-0.1, -0.05) is 19.3 Å². The summed E-state index contributed by atoms with van der Waals surface area (Å²) in [7, 11) is 0. The van der Waals surface area contributed by atoms with Gasteiger partial charge >= 0.3 is 6.18 Å². The van der Waals surface area contributed by atoms with Crippen LogP contribution in [0.4, 0.5) is 13.2 Å². The number of unbranched alkanes of at least 4 members (excludes halogenated alkanes) is 3. The van der Waals surface area contributed by atoms with E-state index in [1.54, 1.807) is 0 Å². The van der Waals surface area contributed by atoms with Crippen molar-refractivity contribution in [3.05, 3.63) is 0 Å². The molecule has 1 amide bonds. The minimum atomic E-state index is -4.18. The van der Waals surface area contributed by atoms with E-state index in [1.165, 1.54) is 0 Å². The van der Waals surface area contributed by atoms with Gasteiger partial charge in [-0.05, 0) is 32.1 Å². The first kappa shape index (κ1) is 17.3. The third-order valence-corrected chi connectivity index (χ3v) is 3.89. The lowest BCUT2D eigenvalue weighted by atomic mass is 9.80. The van der Waals surface area contributed by atoms with Crippen LogP contribution in [0.25, 0.3) is 0 Å². The topological polar surface area (TPSA) is 49.3 Å². The van der Waals surface area contributed by atoms with Crippen molar-refractivity contribution in [1.82, 2.24) is 5.32 Å². The van der Waals surface area contributed by atoms with E-state index in [9.17, 15) is 18.0 Å². The molecule has 2 atom stereocenters. The highest BCUT2D eigenvalue weighted by Gasteiger charge is 2.43. The van der Waals surface area contributed by atoms with Gasteiger partial charge in [-0.2, -0.15) is 13.2 Å². The molecule has 118 valence electrons. The maximum atomic E-state index is 12.7. The van der Waals surface area contributed by atoms with E-state index in [0.29, 0.717) is 19.4 Å². The molecule has 1 aliphatic carbocycles. The number of aliphatic hydroxyl groups is 1. The van der Waals surface area contributed by atoms with E-state index in [-0.39, 0.29) is 25.4 Å². The molecule has 0 aliphatic heterocycles. The number of amides is 1. The SMILES string of the molecule is O=C(NCCCCCCO)C1CCCC(C(F)(F)F)C1. The Bertz CT molecular complexity index is 295. The van der Waals surface area contributed by atoms with E-state index in [4.69, 9.17) is 5.11 Å². The standard InChI is InChI=1S/C14H24F3NO2/c15-14(16,17)12-7-5-6-11(10-12)13(20)18-8-3-1-2-4-9-19/h11-12,19H,1-10H2,(H,18,20). The van der Waals surface area contributed by atoms with Gasteiger partial charge in [0, 0.05) is 19.1 Å². The molecule has 0 aromatic rings. The highest BCUT2D eigenvalue weighted by atomic mass is 19.4. The largest absolute Gasteiger partial charge is 0.396 e. The van der Waals surface area contributed by atoms with Crippen LogP contribution in [0.5, 0.6) is 0 Å². The molecule has 0 aromatic heterocycles. The zero-order valence-corrected chi connectivity index (χ0v) is 11.7. The van der Waals surface area contributed by atoms with Crippen LogP contribution in [0.2, 0.25) is 0 Å². The number of halogens is 3. The predicted octanol–water partition coefficient (Wildman–Crippen LogP) is 3.02. The van der Waals surface area contributed by atoms with Crippen molar-refractivity contribution in [2.24, 2.45) is 11.8 Å². The summed E-state index contributed by atoms with van der Waals surface area (Å²) in [5.74, 6) is -2.05. The summed E-state index contributed by atoms with van der Waals surface area (Å²) in [6.45, 7) is 0.685. The Labute approximate surface area is 117 Å². The Hall–Kier alpha value is -0.780. The molecule has 0 aromatic carbocycles. The lowest BCUT2D eigenvalue weighted by molar-refractivity contribution is -0.186. The average molecular weight is 295 g/mol. The van der Waals surface area contributed by atoms with Crippen LogP contribution in [0.1, 0.15) is 51.4 Å². The van der Waals surface area contributed by atoms with Crippen LogP contribution in [0.3, 0.4) is 0 Å². The first-order chi connectivity index (χ1) is 9.45. The number of carbonyl (C=O) groups excluding carboxylic acids is 1. The van der Waals surface area contributed by atoms with Crippen molar-refractivity contribution in [3.8, 4) is 0 Å². The van der Waals surface area contributed by atoms with Gasteiger partial charge < -0.3 is 10.4 Å². The van der Waals surface area contributed by atoms with Gasteiger partial charge in [0.05, 0.1) is 5.92 Å². The number of rotatable bonds is 7. The number of hydrogen-bond donors (Lipinski definition) is 2. The molecule has 0 heterocycles. The Morgan fingerprint density at radius 2 is 1.85 bits per heavy atom. The lowest BCUT2D eigenvalue weighted by Gasteiger charge is -2.29. The molecule has 0 radical (unpaired) electrons. The summed E-state index contributed by atoms with van der Waals surface area (Å²) in [5, 5.41) is 11.3.